The molecule has 0 fully saturated rings. The lowest BCUT2D eigenvalue weighted by Gasteiger charge is -2.18. The van der Waals surface area contributed by atoms with Crippen molar-refractivity contribution in [3.8, 4) is 11.6 Å². The average Bonchev–Trinajstić information content (AvgIpc) is 3.09. The second kappa shape index (κ2) is 8.38. The number of rotatable bonds is 6. The SMILES string of the molecule is Cc1cc(C)c(Oc2nn(C(C)(C)C)cc2C(=O)CS(=O)(=O)c2cccc(N)n2)c(C)c1. The topological polar surface area (TPSA) is 117 Å². The zero-order valence-electron chi connectivity index (χ0n) is 19.1. The van der Waals surface area contributed by atoms with Gasteiger partial charge in [-0.25, -0.2) is 13.4 Å². The van der Waals surface area contributed by atoms with E-state index in [2.05, 4.69) is 10.1 Å². The van der Waals surface area contributed by atoms with Crippen molar-refractivity contribution in [2.24, 2.45) is 0 Å². The van der Waals surface area contributed by atoms with Gasteiger partial charge in [-0.2, -0.15) is 0 Å². The van der Waals surface area contributed by atoms with Gasteiger partial charge in [0.25, 0.3) is 0 Å². The molecule has 0 saturated carbocycles. The van der Waals surface area contributed by atoms with Crippen molar-refractivity contribution < 1.29 is 17.9 Å². The molecule has 3 rings (SSSR count). The minimum absolute atomic E-state index is 0.0634. The number of nitrogens with two attached hydrogens (primary N) is 1. The molecule has 0 unspecified atom stereocenters. The number of nitrogen functional groups attached to an aromatic ring is 1. The van der Waals surface area contributed by atoms with E-state index in [0.717, 1.165) is 16.7 Å². The van der Waals surface area contributed by atoms with Crippen molar-refractivity contribution in [3.63, 3.8) is 0 Å². The van der Waals surface area contributed by atoms with Crippen LogP contribution in [0.25, 0.3) is 0 Å². The van der Waals surface area contributed by atoms with Crippen molar-refractivity contribution in [2.45, 2.75) is 52.1 Å². The number of anilines is 1. The van der Waals surface area contributed by atoms with Crippen LogP contribution in [-0.4, -0.2) is 34.7 Å². The smallest absolute Gasteiger partial charge is 0.249 e. The van der Waals surface area contributed by atoms with E-state index in [-0.39, 0.29) is 22.3 Å². The first-order chi connectivity index (χ1) is 14.8. The van der Waals surface area contributed by atoms with Crippen LogP contribution >= 0.6 is 0 Å². The molecule has 0 amide bonds. The van der Waals surface area contributed by atoms with E-state index in [4.69, 9.17) is 10.5 Å². The summed E-state index contributed by atoms with van der Waals surface area (Å²) in [5.74, 6) is -0.697. The Hall–Kier alpha value is -3.20. The first-order valence-electron chi connectivity index (χ1n) is 10.1. The highest BCUT2D eigenvalue weighted by atomic mass is 32.2. The van der Waals surface area contributed by atoms with Crippen molar-refractivity contribution in [3.05, 3.63) is 58.8 Å². The normalized spacial score (nSPS) is 12.1. The predicted molar refractivity (Wildman–Crippen MR) is 123 cm³/mol. The monoisotopic (exact) mass is 456 g/mol. The van der Waals surface area contributed by atoms with E-state index in [1.807, 2.05) is 53.7 Å². The molecule has 0 aliphatic rings. The highest BCUT2D eigenvalue weighted by molar-refractivity contribution is 7.92. The number of pyridine rings is 1. The molecule has 0 aliphatic heterocycles. The Morgan fingerprint density at radius 3 is 2.31 bits per heavy atom. The third-order valence-electron chi connectivity index (χ3n) is 4.86. The molecular weight excluding hydrogens is 428 g/mol. The van der Waals surface area contributed by atoms with Crippen LogP contribution in [0.4, 0.5) is 5.82 Å². The number of nitrogens with zero attached hydrogens (tertiary/aromatic N) is 3. The number of ketones is 1. The van der Waals surface area contributed by atoms with Gasteiger partial charge in [-0.3, -0.25) is 9.48 Å². The van der Waals surface area contributed by atoms with Crippen LogP contribution in [0.3, 0.4) is 0 Å². The Morgan fingerprint density at radius 2 is 1.75 bits per heavy atom. The molecule has 9 heteroatoms. The van der Waals surface area contributed by atoms with Gasteiger partial charge in [-0.05, 0) is 64.8 Å². The van der Waals surface area contributed by atoms with Crippen molar-refractivity contribution >= 4 is 21.4 Å². The third kappa shape index (κ3) is 4.99. The number of aromatic nitrogens is 3. The second-order valence-corrected chi connectivity index (χ2v) is 10.8. The van der Waals surface area contributed by atoms with Crippen LogP contribution in [0, 0.1) is 20.8 Å². The number of Topliss-reactive ketones (excluding diaryl/α,β-unsaturated/α-hetero) is 1. The number of benzene rings is 1. The minimum atomic E-state index is -4.00. The zero-order chi connectivity index (χ0) is 23.8. The molecule has 0 aliphatic carbocycles. The lowest BCUT2D eigenvalue weighted by molar-refractivity contribution is 0.101. The van der Waals surface area contributed by atoms with E-state index in [9.17, 15) is 13.2 Å². The van der Waals surface area contributed by atoms with Crippen LogP contribution in [0.2, 0.25) is 0 Å². The molecule has 0 bridgehead atoms. The minimum Gasteiger partial charge on any atom is -0.436 e. The number of ether oxygens (including phenoxy) is 1. The summed E-state index contributed by atoms with van der Waals surface area (Å²) in [6.45, 7) is 11.6. The van der Waals surface area contributed by atoms with E-state index < -0.39 is 26.9 Å². The summed E-state index contributed by atoms with van der Waals surface area (Å²) >= 11 is 0. The third-order valence-corrected chi connectivity index (χ3v) is 6.36. The van der Waals surface area contributed by atoms with Crippen molar-refractivity contribution in [1.29, 1.82) is 0 Å². The Kier molecular flexibility index (Phi) is 6.15. The average molecular weight is 457 g/mol. The lowest BCUT2D eigenvalue weighted by Crippen LogP contribution is -2.22. The van der Waals surface area contributed by atoms with Crippen LogP contribution < -0.4 is 10.5 Å². The fraction of sp³-hybridized carbons (Fsp3) is 0.348. The van der Waals surface area contributed by atoms with Gasteiger partial charge < -0.3 is 10.5 Å². The first-order valence-corrected chi connectivity index (χ1v) is 11.8. The van der Waals surface area contributed by atoms with Crippen molar-refractivity contribution in [1.82, 2.24) is 14.8 Å². The summed E-state index contributed by atoms with van der Waals surface area (Å²) < 4.78 is 33.2. The quantitative estimate of drug-likeness (QED) is 0.557. The van der Waals surface area contributed by atoms with E-state index in [1.54, 1.807) is 4.68 Å². The molecule has 2 aromatic heterocycles. The Balaban J connectivity index is 2.02. The molecule has 170 valence electrons. The van der Waals surface area contributed by atoms with Crippen molar-refractivity contribution in [2.75, 3.05) is 11.5 Å². The Morgan fingerprint density at radius 1 is 1.12 bits per heavy atom. The molecule has 0 saturated heterocycles. The maximum absolute atomic E-state index is 13.1. The standard InChI is InChI=1S/C23H28N4O4S/c1-14-10-15(2)21(16(3)11-14)31-22-17(12-27(26-22)23(4,5)6)18(28)13-32(29,30)20-9-7-8-19(24)25-20/h7-12H,13H2,1-6H3,(H2,24,25). The number of sulfone groups is 1. The van der Waals surface area contributed by atoms with E-state index in [0.29, 0.717) is 5.75 Å². The fourth-order valence-corrected chi connectivity index (χ4v) is 4.50. The van der Waals surface area contributed by atoms with E-state index >= 15 is 0 Å². The number of hydrogen-bond donors (Lipinski definition) is 1. The summed E-state index contributed by atoms with van der Waals surface area (Å²) in [6, 6.07) is 8.22. The molecule has 2 N–H and O–H groups in total. The maximum atomic E-state index is 13.1. The molecule has 0 atom stereocenters. The van der Waals surface area contributed by atoms with Crippen LogP contribution in [0.5, 0.6) is 11.6 Å². The molecular formula is C23H28N4O4S. The summed E-state index contributed by atoms with van der Waals surface area (Å²) in [5.41, 5.74) is 8.12. The summed E-state index contributed by atoms with van der Waals surface area (Å²) in [6.07, 6.45) is 1.53. The second-order valence-electron chi connectivity index (χ2n) is 8.88. The molecule has 8 nitrogen and oxygen atoms in total. The summed E-state index contributed by atoms with van der Waals surface area (Å²) in [5, 5.41) is 4.21. The van der Waals surface area contributed by atoms with E-state index in [1.165, 1.54) is 24.4 Å². The molecule has 1 aromatic carbocycles. The fourth-order valence-electron chi connectivity index (χ4n) is 3.32. The van der Waals surface area contributed by atoms with Gasteiger partial charge in [0.2, 0.25) is 15.7 Å². The van der Waals surface area contributed by atoms with Crippen LogP contribution in [-0.2, 0) is 15.4 Å². The Bertz CT molecular complexity index is 1260. The van der Waals surface area contributed by atoms with Gasteiger partial charge in [0.15, 0.2) is 10.8 Å². The first kappa shape index (κ1) is 23.5. The largest absolute Gasteiger partial charge is 0.436 e. The molecule has 3 aromatic rings. The molecule has 32 heavy (non-hydrogen) atoms. The Labute approximate surface area is 188 Å². The number of aryl methyl sites for hydroxylation is 3. The number of hydrogen-bond acceptors (Lipinski definition) is 7. The highest BCUT2D eigenvalue weighted by Gasteiger charge is 2.29. The van der Waals surface area contributed by atoms with Gasteiger partial charge in [-0.15, -0.1) is 5.10 Å². The van der Waals surface area contributed by atoms with Crippen LogP contribution in [0.15, 0.2) is 41.6 Å². The van der Waals surface area contributed by atoms with Gasteiger partial charge in [0, 0.05) is 6.20 Å². The maximum Gasteiger partial charge on any atom is 0.249 e. The zero-order valence-corrected chi connectivity index (χ0v) is 19.9. The summed E-state index contributed by atoms with van der Waals surface area (Å²) in [4.78, 5) is 17.0. The highest BCUT2D eigenvalue weighted by Crippen LogP contribution is 2.32. The van der Waals surface area contributed by atoms with Gasteiger partial charge in [0.05, 0.1) is 5.54 Å². The van der Waals surface area contributed by atoms with Gasteiger partial charge >= 0.3 is 0 Å². The summed E-state index contributed by atoms with van der Waals surface area (Å²) in [7, 11) is -4.00. The van der Waals surface area contributed by atoms with Gasteiger partial charge in [0.1, 0.15) is 22.9 Å². The predicted octanol–water partition coefficient (Wildman–Crippen LogP) is 3.99. The molecule has 0 radical (unpaired) electrons. The molecule has 2 heterocycles. The van der Waals surface area contributed by atoms with Crippen LogP contribution in [0.1, 0.15) is 47.8 Å². The number of carbonyl (C=O) groups excluding carboxylic acids is 1. The number of carbonyl (C=O) groups is 1. The molecule has 0 spiro atoms. The van der Waals surface area contributed by atoms with Gasteiger partial charge in [-0.1, -0.05) is 23.8 Å². The lowest BCUT2D eigenvalue weighted by atomic mass is 10.1.